The second kappa shape index (κ2) is 9.84. The Balaban J connectivity index is 0.000000263. The fraction of sp³-hybridized carbons (Fsp3) is 0. The molecule has 0 amide bonds. The summed E-state index contributed by atoms with van der Waals surface area (Å²) in [7, 11) is 0. The molecule has 4 nitrogen and oxygen atoms in total. The maximum absolute atomic E-state index is 10.5. The van der Waals surface area contributed by atoms with Gasteiger partial charge in [0.2, 0.25) is 0 Å². The van der Waals surface area contributed by atoms with Gasteiger partial charge in [0.25, 0.3) is 0 Å². The average molecular weight is 562 g/mol. The third kappa shape index (κ3) is 4.93. The van der Waals surface area contributed by atoms with E-state index in [1.54, 1.807) is 0 Å². The highest BCUT2D eigenvalue weighted by atomic mass is 35.5. The molecule has 0 bridgehead atoms. The largest absolute Gasteiger partial charge is 0.505 e. The molecule has 0 fully saturated rings. The van der Waals surface area contributed by atoms with Crippen LogP contribution in [0, 0.1) is 10.1 Å². The summed E-state index contributed by atoms with van der Waals surface area (Å²) in [6, 6.07) is 0. The zero-order valence-electron chi connectivity index (χ0n) is 11.5. The molecule has 0 saturated heterocycles. The van der Waals surface area contributed by atoms with Crippen molar-refractivity contribution in [2.75, 3.05) is 0 Å². The van der Waals surface area contributed by atoms with Crippen LogP contribution in [-0.4, -0.2) is 10.0 Å². The second-order valence-electron chi connectivity index (χ2n) is 4.09. The van der Waals surface area contributed by atoms with Crippen molar-refractivity contribution in [1.82, 2.24) is 0 Å². The van der Waals surface area contributed by atoms with Crippen LogP contribution in [-0.2, 0) is 0 Å². The molecule has 0 aliphatic rings. The van der Waals surface area contributed by atoms with Gasteiger partial charge < -0.3 is 5.11 Å². The summed E-state index contributed by atoms with van der Waals surface area (Å²) in [6.07, 6.45) is 0. The molecule has 0 atom stereocenters. The molecule has 0 aliphatic heterocycles. The molecule has 14 heteroatoms. The van der Waals surface area contributed by atoms with E-state index >= 15 is 0 Å². The van der Waals surface area contributed by atoms with E-state index in [4.69, 9.17) is 116 Å². The third-order valence-corrected chi connectivity index (χ3v) is 7.07. The van der Waals surface area contributed by atoms with E-state index in [-0.39, 0.29) is 56.0 Å². The Morgan fingerprint density at radius 2 is 0.769 bits per heavy atom. The fourth-order valence-electron chi connectivity index (χ4n) is 1.35. The molecular formula is C12HCl10NO3. The maximum Gasteiger partial charge on any atom is 0.309 e. The number of phenolic OH excluding ortho intramolecular Hbond substituents is 1. The smallest absolute Gasteiger partial charge is 0.309 e. The minimum Gasteiger partial charge on any atom is -0.505 e. The van der Waals surface area contributed by atoms with Crippen molar-refractivity contribution >= 4 is 122 Å². The van der Waals surface area contributed by atoms with Crippen molar-refractivity contribution in [3.63, 3.8) is 0 Å². The number of benzene rings is 2. The van der Waals surface area contributed by atoms with Crippen LogP contribution < -0.4 is 0 Å². The number of nitro groups is 1. The van der Waals surface area contributed by atoms with Gasteiger partial charge >= 0.3 is 5.69 Å². The predicted octanol–water partition coefficient (Wildman–Crippen LogP) is 9.52. The van der Waals surface area contributed by atoms with Gasteiger partial charge in [-0.15, -0.1) is 0 Å². The van der Waals surface area contributed by atoms with E-state index in [1.807, 2.05) is 0 Å². The van der Waals surface area contributed by atoms with E-state index in [0.717, 1.165) is 0 Å². The summed E-state index contributed by atoms with van der Waals surface area (Å²) in [4.78, 5) is 9.76. The number of aromatic hydroxyl groups is 1. The normalized spacial score (nSPS) is 10.4. The second-order valence-corrected chi connectivity index (χ2v) is 7.87. The Bertz CT molecular complexity index is 768. The van der Waals surface area contributed by atoms with Crippen molar-refractivity contribution in [2.45, 2.75) is 0 Å². The molecule has 2 aromatic carbocycles. The molecule has 142 valence electrons. The van der Waals surface area contributed by atoms with Gasteiger partial charge in [0, 0.05) is 0 Å². The lowest BCUT2D eigenvalue weighted by Crippen LogP contribution is -1.92. The molecule has 0 unspecified atom stereocenters. The average Bonchev–Trinajstić information content (AvgIpc) is 2.60. The monoisotopic (exact) mass is 557 g/mol. The Morgan fingerprint density at radius 3 is 1.04 bits per heavy atom. The Kier molecular flexibility index (Phi) is 9.30. The SMILES string of the molecule is O=[N+]([O-])c1c(Cl)c(Cl)c(Cl)c(Cl)c1Cl.Oc1c(Cl)c(Cl)c(Cl)c(Cl)c1Cl. The summed E-state index contributed by atoms with van der Waals surface area (Å²) in [5.41, 5.74) is -0.548. The molecule has 0 heterocycles. The first kappa shape index (κ1) is 24.6. The van der Waals surface area contributed by atoms with Crippen molar-refractivity contribution in [3.05, 3.63) is 60.3 Å². The van der Waals surface area contributed by atoms with Crippen molar-refractivity contribution < 1.29 is 10.0 Å². The highest BCUT2D eigenvalue weighted by molar-refractivity contribution is 6.57. The number of nitrogens with zero attached hydrogens (tertiary/aromatic N) is 1. The van der Waals surface area contributed by atoms with E-state index in [2.05, 4.69) is 0 Å². The molecule has 0 aliphatic carbocycles. The van der Waals surface area contributed by atoms with Crippen LogP contribution in [0.3, 0.4) is 0 Å². The van der Waals surface area contributed by atoms with Crippen LogP contribution in [0.1, 0.15) is 0 Å². The summed E-state index contributed by atoms with van der Waals surface area (Å²) in [6.45, 7) is 0. The summed E-state index contributed by atoms with van der Waals surface area (Å²) >= 11 is 55.8. The van der Waals surface area contributed by atoms with Crippen LogP contribution >= 0.6 is 116 Å². The zero-order chi connectivity index (χ0) is 20.5. The highest BCUT2D eigenvalue weighted by Crippen LogP contribution is 2.48. The first-order chi connectivity index (χ1) is 11.8. The summed E-state index contributed by atoms with van der Waals surface area (Å²) < 4.78 is 0. The van der Waals surface area contributed by atoms with Crippen LogP contribution in [0.5, 0.6) is 5.75 Å². The topological polar surface area (TPSA) is 63.4 Å². The third-order valence-electron chi connectivity index (χ3n) is 2.56. The van der Waals surface area contributed by atoms with E-state index in [0.29, 0.717) is 0 Å². The Labute approximate surface area is 196 Å². The first-order valence-electron chi connectivity index (χ1n) is 5.70. The van der Waals surface area contributed by atoms with Gasteiger partial charge in [0.1, 0.15) is 20.1 Å². The summed E-state index contributed by atoms with van der Waals surface area (Å²) in [5, 5.41) is 18.4. The van der Waals surface area contributed by atoms with Crippen molar-refractivity contribution in [2.24, 2.45) is 0 Å². The number of phenols is 1. The molecule has 2 aromatic rings. The van der Waals surface area contributed by atoms with Crippen molar-refractivity contribution in [3.8, 4) is 5.75 Å². The van der Waals surface area contributed by atoms with Crippen LogP contribution in [0.25, 0.3) is 0 Å². The lowest BCUT2D eigenvalue weighted by molar-refractivity contribution is -0.384. The fourth-order valence-corrected chi connectivity index (χ4v) is 3.74. The lowest BCUT2D eigenvalue weighted by Gasteiger charge is -2.06. The molecule has 0 radical (unpaired) electrons. The van der Waals surface area contributed by atoms with E-state index < -0.39 is 10.6 Å². The number of hydrogen-bond donors (Lipinski definition) is 1. The minimum absolute atomic E-state index is 0.00904. The maximum atomic E-state index is 10.5. The minimum atomic E-state index is -0.779. The van der Waals surface area contributed by atoms with Crippen LogP contribution in [0.15, 0.2) is 0 Å². The number of nitro benzene ring substituents is 1. The standard InChI is InChI=1S/C6Cl5NO2.C6HCl5O/c7-1-2(8)4(10)6(12(13)14)5(11)3(1)9;7-1-2(8)4(10)6(12)5(11)3(1)9/h;12H. The van der Waals surface area contributed by atoms with Gasteiger partial charge in [0.05, 0.1) is 35.1 Å². The van der Waals surface area contributed by atoms with Crippen LogP contribution in [0.2, 0.25) is 50.2 Å². The van der Waals surface area contributed by atoms with Gasteiger partial charge in [-0.05, 0) is 0 Å². The van der Waals surface area contributed by atoms with Crippen molar-refractivity contribution in [1.29, 1.82) is 0 Å². The predicted molar refractivity (Wildman–Crippen MR) is 111 cm³/mol. The molecular weight excluding hydrogens is 561 g/mol. The molecule has 1 N–H and O–H groups in total. The molecule has 0 spiro atoms. The number of rotatable bonds is 1. The zero-order valence-corrected chi connectivity index (χ0v) is 19.0. The van der Waals surface area contributed by atoms with E-state index in [1.165, 1.54) is 0 Å². The highest BCUT2D eigenvalue weighted by Gasteiger charge is 2.27. The van der Waals surface area contributed by atoms with Gasteiger partial charge in [0.15, 0.2) is 5.75 Å². The van der Waals surface area contributed by atoms with Gasteiger partial charge in [-0.3, -0.25) is 10.1 Å². The van der Waals surface area contributed by atoms with Gasteiger partial charge in [-0.25, -0.2) is 0 Å². The first-order valence-corrected chi connectivity index (χ1v) is 9.48. The molecule has 2 rings (SSSR count). The molecule has 26 heavy (non-hydrogen) atoms. The molecule has 0 saturated carbocycles. The molecule has 0 aromatic heterocycles. The quantitative estimate of drug-likeness (QED) is 0.163. The van der Waals surface area contributed by atoms with E-state index in [9.17, 15) is 15.2 Å². The summed E-state index contributed by atoms with van der Waals surface area (Å²) in [5.74, 6) is -0.363. The Hall–Kier alpha value is 0.540. The van der Waals surface area contributed by atoms with Gasteiger partial charge in [-0.2, -0.15) is 0 Å². The number of hydrogen-bond acceptors (Lipinski definition) is 3. The van der Waals surface area contributed by atoms with Gasteiger partial charge in [-0.1, -0.05) is 116 Å². The van der Waals surface area contributed by atoms with Crippen LogP contribution in [0.4, 0.5) is 5.69 Å². The Morgan fingerprint density at radius 1 is 0.538 bits per heavy atom. The number of halogens is 10. The lowest BCUT2D eigenvalue weighted by atomic mass is 10.3.